The summed E-state index contributed by atoms with van der Waals surface area (Å²) in [5, 5.41) is 5.25. The van der Waals surface area contributed by atoms with Gasteiger partial charge in [0.05, 0.1) is 5.69 Å². The van der Waals surface area contributed by atoms with Crippen LogP contribution in [-0.4, -0.2) is 21.5 Å². The summed E-state index contributed by atoms with van der Waals surface area (Å²) in [7, 11) is -3.64. The van der Waals surface area contributed by atoms with E-state index in [9.17, 15) is 8.42 Å². The van der Waals surface area contributed by atoms with Gasteiger partial charge >= 0.3 is 0 Å². The van der Waals surface area contributed by atoms with Crippen LogP contribution in [0.1, 0.15) is 25.7 Å². The lowest BCUT2D eigenvalue weighted by molar-refractivity contribution is 0.597. The molecule has 0 amide bonds. The van der Waals surface area contributed by atoms with Gasteiger partial charge < -0.3 is 4.90 Å². The van der Waals surface area contributed by atoms with Crippen molar-refractivity contribution < 1.29 is 8.42 Å². The van der Waals surface area contributed by atoms with E-state index in [-0.39, 0.29) is 4.90 Å². The Labute approximate surface area is 102 Å². The number of nitrogens with two attached hydrogens (primary N) is 1. The van der Waals surface area contributed by atoms with Crippen LogP contribution in [0.2, 0.25) is 0 Å². The van der Waals surface area contributed by atoms with Crippen LogP contribution in [0.25, 0.3) is 0 Å². The Balaban J connectivity index is 2.37. The SMILES string of the molecule is NS(=O)(=O)c1ccccc1N1CCCCCC1. The standard InChI is InChI=1S/C12H18N2O2S/c13-17(15,16)12-8-4-3-7-11(12)14-9-5-1-2-6-10-14/h3-4,7-8H,1-2,5-6,9-10H2,(H2,13,15,16). The van der Waals surface area contributed by atoms with Gasteiger partial charge in [0.15, 0.2) is 0 Å². The Morgan fingerprint density at radius 2 is 1.59 bits per heavy atom. The number of hydrogen-bond acceptors (Lipinski definition) is 3. The maximum absolute atomic E-state index is 11.5. The molecule has 0 atom stereocenters. The van der Waals surface area contributed by atoms with Gasteiger partial charge in [-0.1, -0.05) is 25.0 Å². The zero-order valence-electron chi connectivity index (χ0n) is 9.80. The fourth-order valence-corrected chi connectivity index (χ4v) is 3.03. The van der Waals surface area contributed by atoms with E-state index in [1.807, 2.05) is 12.1 Å². The molecule has 1 fully saturated rings. The van der Waals surface area contributed by atoms with Crippen molar-refractivity contribution in [3.05, 3.63) is 24.3 Å². The maximum atomic E-state index is 11.5. The molecule has 1 aromatic carbocycles. The van der Waals surface area contributed by atoms with Crippen LogP contribution in [0.3, 0.4) is 0 Å². The number of sulfonamides is 1. The minimum absolute atomic E-state index is 0.238. The fourth-order valence-electron chi connectivity index (χ4n) is 2.27. The first-order valence-corrected chi connectivity index (χ1v) is 7.50. The van der Waals surface area contributed by atoms with E-state index in [1.165, 1.54) is 12.8 Å². The molecule has 0 aliphatic carbocycles. The van der Waals surface area contributed by atoms with Gasteiger partial charge in [0.1, 0.15) is 4.90 Å². The van der Waals surface area contributed by atoms with Crippen molar-refractivity contribution in [2.75, 3.05) is 18.0 Å². The summed E-state index contributed by atoms with van der Waals surface area (Å²) < 4.78 is 23.1. The zero-order valence-corrected chi connectivity index (χ0v) is 10.6. The molecule has 0 aromatic heterocycles. The number of benzene rings is 1. The summed E-state index contributed by atoms with van der Waals surface area (Å²) in [6.07, 6.45) is 4.65. The van der Waals surface area contributed by atoms with Crippen molar-refractivity contribution in [2.45, 2.75) is 30.6 Å². The summed E-state index contributed by atoms with van der Waals surface area (Å²) >= 11 is 0. The molecular weight excluding hydrogens is 236 g/mol. The lowest BCUT2D eigenvalue weighted by atomic mass is 10.2. The second-order valence-electron chi connectivity index (χ2n) is 4.41. The predicted octanol–water partition coefficient (Wildman–Crippen LogP) is 1.71. The maximum Gasteiger partial charge on any atom is 0.240 e. The molecule has 0 bridgehead atoms. The van der Waals surface area contributed by atoms with Crippen molar-refractivity contribution in [2.24, 2.45) is 5.14 Å². The van der Waals surface area contributed by atoms with E-state index >= 15 is 0 Å². The minimum Gasteiger partial charge on any atom is -0.370 e. The Kier molecular flexibility index (Phi) is 3.69. The van der Waals surface area contributed by atoms with Crippen LogP contribution in [0.4, 0.5) is 5.69 Å². The third-order valence-electron chi connectivity index (χ3n) is 3.12. The molecule has 1 heterocycles. The first-order valence-electron chi connectivity index (χ1n) is 5.96. The predicted molar refractivity (Wildman–Crippen MR) is 68.5 cm³/mol. The van der Waals surface area contributed by atoms with E-state index in [4.69, 9.17) is 5.14 Å². The lowest BCUT2D eigenvalue weighted by Crippen LogP contribution is -2.27. The van der Waals surface area contributed by atoms with E-state index in [0.29, 0.717) is 0 Å². The first-order chi connectivity index (χ1) is 8.09. The number of rotatable bonds is 2. The highest BCUT2D eigenvalue weighted by Crippen LogP contribution is 2.26. The van der Waals surface area contributed by atoms with Crippen molar-refractivity contribution in [1.82, 2.24) is 0 Å². The highest BCUT2D eigenvalue weighted by atomic mass is 32.2. The second kappa shape index (κ2) is 5.06. The van der Waals surface area contributed by atoms with Gasteiger partial charge in [-0.15, -0.1) is 0 Å². The molecular formula is C12H18N2O2S. The molecule has 0 radical (unpaired) electrons. The molecule has 1 aliphatic rings. The second-order valence-corrected chi connectivity index (χ2v) is 5.94. The van der Waals surface area contributed by atoms with E-state index in [2.05, 4.69) is 4.90 Å². The lowest BCUT2D eigenvalue weighted by Gasteiger charge is -2.24. The summed E-state index contributed by atoms with van der Waals surface area (Å²) in [6.45, 7) is 1.82. The highest BCUT2D eigenvalue weighted by molar-refractivity contribution is 7.89. The smallest absolute Gasteiger partial charge is 0.240 e. The number of anilines is 1. The first kappa shape index (κ1) is 12.4. The van der Waals surface area contributed by atoms with Crippen LogP contribution in [0.15, 0.2) is 29.2 Å². The van der Waals surface area contributed by atoms with Gasteiger partial charge in [-0.3, -0.25) is 0 Å². The normalized spacial score (nSPS) is 17.8. The quantitative estimate of drug-likeness (QED) is 0.874. The molecule has 2 N–H and O–H groups in total. The third-order valence-corrected chi connectivity index (χ3v) is 4.08. The number of nitrogens with zero attached hydrogens (tertiary/aromatic N) is 1. The molecule has 0 spiro atoms. The molecule has 5 heteroatoms. The van der Waals surface area contributed by atoms with Gasteiger partial charge in [0.2, 0.25) is 10.0 Å². The van der Waals surface area contributed by atoms with Crippen LogP contribution in [0, 0.1) is 0 Å². The molecule has 0 unspecified atom stereocenters. The molecule has 94 valence electrons. The van der Waals surface area contributed by atoms with Gasteiger partial charge in [0.25, 0.3) is 0 Å². The van der Waals surface area contributed by atoms with Gasteiger partial charge in [0, 0.05) is 13.1 Å². The van der Waals surface area contributed by atoms with Crippen LogP contribution in [-0.2, 0) is 10.0 Å². The number of hydrogen-bond donors (Lipinski definition) is 1. The van der Waals surface area contributed by atoms with Crippen molar-refractivity contribution in [3.63, 3.8) is 0 Å². The number of para-hydroxylation sites is 1. The Hall–Kier alpha value is -1.07. The Morgan fingerprint density at radius 3 is 2.18 bits per heavy atom. The van der Waals surface area contributed by atoms with E-state index in [0.717, 1.165) is 31.6 Å². The summed E-state index contributed by atoms with van der Waals surface area (Å²) in [5.74, 6) is 0. The zero-order chi connectivity index (χ0) is 12.3. The van der Waals surface area contributed by atoms with Crippen molar-refractivity contribution >= 4 is 15.7 Å². The molecule has 1 aliphatic heterocycles. The largest absolute Gasteiger partial charge is 0.370 e. The molecule has 1 saturated heterocycles. The average molecular weight is 254 g/mol. The topological polar surface area (TPSA) is 63.4 Å². The van der Waals surface area contributed by atoms with Crippen molar-refractivity contribution in [3.8, 4) is 0 Å². The van der Waals surface area contributed by atoms with Gasteiger partial charge in [-0.25, -0.2) is 13.6 Å². The number of primary sulfonamides is 1. The summed E-state index contributed by atoms with van der Waals surface area (Å²) in [4.78, 5) is 2.37. The third kappa shape index (κ3) is 2.98. The van der Waals surface area contributed by atoms with Crippen molar-refractivity contribution in [1.29, 1.82) is 0 Å². The van der Waals surface area contributed by atoms with E-state index in [1.54, 1.807) is 12.1 Å². The van der Waals surface area contributed by atoms with Crippen LogP contribution in [0.5, 0.6) is 0 Å². The van der Waals surface area contributed by atoms with Crippen LogP contribution < -0.4 is 10.0 Å². The summed E-state index contributed by atoms with van der Waals surface area (Å²) in [6, 6.07) is 6.98. The van der Waals surface area contributed by atoms with Gasteiger partial charge in [-0.05, 0) is 25.0 Å². The molecule has 2 rings (SSSR count). The molecule has 17 heavy (non-hydrogen) atoms. The van der Waals surface area contributed by atoms with E-state index < -0.39 is 10.0 Å². The van der Waals surface area contributed by atoms with Crippen LogP contribution >= 0.6 is 0 Å². The summed E-state index contributed by atoms with van der Waals surface area (Å²) in [5.41, 5.74) is 0.747. The Morgan fingerprint density at radius 1 is 1.00 bits per heavy atom. The van der Waals surface area contributed by atoms with Gasteiger partial charge in [-0.2, -0.15) is 0 Å². The minimum atomic E-state index is -3.64. The molecule has 0 saturated carbocycles. The Bertz CT molecular complexity index is 477. The average Bonchev–Trinajstić information content (AvgIpc) is 2.56. The molecule has 1 aromatic rings. The highest BCUT2D eigenvalue weighted by Gasteiger charge is 2.18. The molecule has 4 nitrogen and oxygen atoms in total. The monoisotopic (exact) mass is 254 g/mol. The fraction of sp³-hybridized carbons (Fsp3) is 0.500.